The van der Waals surface area contributed by atoms with E-state index in [-0.39, 0.29) is 6.10 Å². The van der Waals surface area contributed by atoms with Crippen molar-refractivity contribution < 1.29 is 15.0 Å². The summed E-state index contributed by atoms with van der Waals surface area (Å²) in [5.41, 5.74) is 0. The zero-order valence-corrected chi connectivity index (χ0v) is 18.7. The Morgan fingerprint density at radius 3 is 1.57 bits per heavy atom. The number of carboxylic acid groups (broad SMARTS) is 1. The van der Waals surface area contributed by atoms with Crippen molar-refractivity contribution in [2.75, 3.05) is 0 Å². The summed E-state index contributed by atoms with van der Waals surface area (Å²) in [5.74, 6) is -0.664. The van der Waals surface area contributed by atoms with Crippen molar-refractivity contribution in [1.82, 2.24) is 0 Å². The van der Waals surface area contributed by atoms with E-state index in [1.54, 1.807) is 0 Å². The van der Waals surface area contributed by atoms with E-state index < -0.39 is 5.97 Å². The lowest BCUT2D eigenvalue weighted by molar-refractivity contribution is -0.137. The molecule has 0 saturated carbocycles. The molecule has 1 atom stereocenters. The first kappa shape index (κ1) is 27.2. The third kappa shape index (κ3) is 23.2. The normalized spacial score (nSPS) is 12.6. The zero-order chi connectivity index (χ0) is 20.7. The van der Waals surface area contributed by atoms with Gasteiger partial charge < -0.3 is 10.2 Å². The van der Waals surface area contributed by atoms with Gasteiger partial charge in [0.1, 0.15) is 0 Å². The molecule has 0 fully saturated rings. The summed E-state index contributed by atoms with van der Waals surface area (Å²) in [6.07, 6.45) is 27.5. The molecule has 0 aromatic carbocycles. The molecule has 0 heterocycles. The van der Waals surface area contributed by atoms with Crippen molar-refractivity contribution in [3.8, 4) is 0 Å². The second-order valence-electron chi connectivity index (χ2n) is 8.37. The van der Waals surface area contributed by atoms with Crippen LogP contribution in [0.3, 0.4) is 0 Å². The number of aliphatic hydroxyl groups is 1. The fraction of sp³-hybridized carbons (Fsp3) is 0.880. The molecule has 0 bridgehead atoms. The predicted molar refractivity (Wildman–Crippen MR) is 121 cm³/mol. The van der Waals surface area contributed by atoms with E-state index in [0.29, 0.717) is 6.42 Å². The third-order valence-electron chi connectivity index (χ3n) is 5.47. The number of unbranched alkanes of at least 4 members (excludes halogenated alkanes) is 14. The molecule has 0 radical (unpaired) electrons. The third-order valence-corrected chi connectivity index (χ3v) is 5.47. The van der Waals surface area contributed by atoms with Crippen LogP contribution in [0.5, 0.6) is 0 Å². The van der Waals surface area contributed by atoms with Crippen molar-refractivity contribution in [3.63, 3.8) is 0 Å². The Morgan fingerprint density at radius 1 is 0.679 bits per heavy atom. The zero-order valence-electron chi connectivity index (χ0n) is 18.7. The Morgan fingerprint density at radius 2 is 1.11 bits per heavy atom. The van der Waals surface area contributed by atoms with Crippen molar-refractivity contribution in [2.45, 2.75) is 141 Å². The molecule has 2 N–H and O–H groups in total. The molecule has 0 aliphatic heterocycles. The van der Waals surface area contributed by atoms with Crippen LogP contribution in [0.4, 0.5) is 0 Å². The average molecular weight is 397 g/mol. The van der Waals surface area contributed by atoms with Crippen LogP contribution in [0, 0.1) is 0 Å². The van der Waals surface area contributed by atoms with Crippen LogP contribution in [0.2, 0.25) is 0 Å². The number of hydrogen-bond donors (Lipinski definition) is 2. The first-order valence-corrected chi connectivity index (χ1v) is 12.2. The molecule has 1 unspecified atom stereocenters. The van der Waals surface area contributed by atoms with Gasteiger partial charge in [-0.05, 0) is 32.1 Å². The minimum absolute atomic E-state index is 0.108. The number of aliphatic hydroxyl groups excluding tert-OH is 1. The maximum absolute atomic E-state index is 10.4. The van der Waals surface area contributed by atoms with E-state index in [0.717, 1.165) is 38.5 Å². The van der Waals surface area contributed by atoms with Crippen LogP contribution < -0.4 is 0 Å². The smallest absolute Gasteiger partial charge is 0.303 e. The highest BCUT2D eigenvalue weighted by molar-refractivity contribution is 5.66. The SMILES string of the molecule is CCC/C=C/CCC(O)CCCCCCCCCCCCCCCCC(=O)O. The van der Waals surface area contributed by atoms with Crippen LogP contribution in [0.25, 0.3) is 0 Å². The maximum Gasteiger partial charge on any atom is 0.303 e. The molecule has 28 heavy (non-hydrogen) atoms. The number of carbonyl (C=O) groups is 1. The van der Waals surface area contributed by atoms with E-state index in [4.69, 9.17) is 5.11 Å². The molecule has 3 heteroatoms. The highest BCUT2D eigenvalue weighted by Crippen LogP contribution is 2.15. The van der Waals surface area contributed by atoms with Crippen molar-refractivity contribution in [1.29, 1.82) is 0 Å². The molecule has 0 aliphatic rings. The van der Waals surface area contributed by atoms with Gasteiger partial charge >= 0.3 is 5.97 Å². The second kappa shape index (κ2) is 22.5. The van der Waals surface area contributed by atoms with E-state index in [1.807, 2.05) is 0 Å². The highest BCUT2D eigenvalue weighted by Gasteiger charge is 2.02. The molecule has 0 aromatic heterocycles. The molecule has 0 amide bonds. The summed E-state index contributed by atoms with van der Waals surface area (Å²) in [6.45, 7) is 2.19. The Bertz CT molecular complexity index is 352. The van der Waals surface area contributed by atoms with Gasteiger partial charge in [0.15, 0.2) is 0 Å². The maximum atomic E-state index is 10.4. The summed E-state index contributed by atoms with van der Waals surface area (Å²) in [5, 5.41) is 18.6. The predicted octanol–water partition coefficient (Wildman–Crippen LogP) is 7.81. The fourth-order valence-electron chi connectivity index (χ4n) is 3.61. The molecule has 3 nitrogen and oxygen atoms in total. The number of carboxylic acids is 1. The Balaban J connectivity index is 3.14. The van der Waals surface area contributed by atoms with Crippen LogP contribution in [-0.4, -0.2) is 22.3 Å². The summed E-state index contributed by atoms with van der Waals surface area (Å²) in [7, 11) is 0. The van der Waals surface area contributed by atoms with Gasteiger partial charge in [-0.25, -0.2) is 0 Å². The molecule has 0 aliphatic carbocycles. The van der Waals surface area contributed by atoms with Gasteiger partial charge in [-0.1, -0.05) is 109 Å². The molecule has 166 valence electrons. The topological polar surface area (TPSA) is 57.5 Å². The number of rotatable bonds is 22. The highest BCUT2D eigenvalue weighted by atomic mass is 16.4. The van der Waals surface area contributed by atoms with Gasteiger partial charge in [-0.2, -0.15) is 0 Å². The van der Waals surface area contributed by atoms with Gasteiger partial charge in [0, 0.05) is 6.42 Å². The largest absolute Gasteiger partial charge is 0.481 e. The fourth-order valence-corrected chi connectivity index (χ4v) is 3.61. The minimum atomic E-state index is -0.664. The second-order valence-corrected chi connectivity index (χ2v) is 8.37. The van der Waals surface area contributed by atoms with Crippen LogP contribution in [-0.2, 0) is 4.79 Å². The summed E-state index contributed by atoms with van der Waals surface area (Å²) >= 11 is 0. The van der Waals surface area contributed by atoms with Crippen molar-refractivity contribution >= 4 is 5.97 Å². The molecule has 0 saturated heterocycles. The number of allylic oxidation sites excluding steroid dienone is 2. The first-order valence-electron chi connectivity index (χ1n) is 12.2. The number of aliphatic carboxylic acids is 1. The van der Waals surface area contributed by atoms with Crippen molar-refractivity contribution in [3.05, 3.63) is 12.2 Å². The Labute approximate surface area is 175 Å². The van der Waals surface area contributed by atoms with Gasteiger partial charge in [-0.3, -0.25) is 4.79 Å². The van der Waals surface area contributed by atoms with Crippen LogP contribution >= 0.6 is 0 Å². The Kier molecular flexibility index (Phi) is 21.8. The standard InChI is InChI=1S/C25H48O3/c1-2-3-4-15-18-21-24(26)22-19-16-13-11-9-7-5-6-8-10-12-14-17-20-23-25(27)28/h4,15,24,26H,2-3,5-14,16-23H2,1H3,(H,27,28)/b15-4+. The van der Waals surface area contributed by atoms with Gasteiger partial charge in [0.05, 0.1) is 6.10 Å². The quantitative estimate of drug-likeness (QED) is 0.145. The van der Waals surface area contributed by atoms with E-state index in [9.17, 15) is 9.90 Å². The molecule has 0 spiro atoms. The van der Waals surface area contributed by atoms with Crippen LogP contribution in [0.1, 0.15) is 135 Å². The molecule has 0 rings (SSSR count). The average Bonchev–Trinajstić information content (AvgIpc) is 2.67. The lowest BCUT2D eigenvalue weighted by atomic mass is 10.0. The summed E-state index contributed by atoms with van der Waals surface area (Å²) in [4.78, 5) is 10.4. The summed E-state index contributed by atoms with van der Waals surface area (Å²) in [6, 6.07) is 0. The van der Waals surface area contributed by atoms with Crippen LogP contribution in [0.15, 0.2) is 12.2 Å². The van der Waals surface area contributed by atoms with Gasteiger partial charge in [0.2, 0.25) is 0 Å². The van der Waals surface area contributed by atoms with E-state index >= 15 is 0 Å². The molecule has 0 aromatic rings. The Hall–Kier alpha value is -0.830. The minimum Gasteiger partial charge on any atom is -0.481 e. The van der Waals surface area contributed by atoms with Gasteiger partial charge in [0.25, 0.3) is 0 Å². The lowest BCUT2D eigenvalue weighted by Gasteiger charge is -2.08. The van der Waals surface area contributed by atoms with E-state index in [1.165, 1.54) is 83.5 Å². The molecular formula is C25H48O3. The monoisotopic (exact) mass is 396 g/mol. The molecular weight excluding hydrogens is 348 g/mol. The lowest BCUT2D eigenvalue weighted by Crippen LogP contribution is -2.05. The van der Waals surface area contributed by atoms with Crippen molar-refractivity contribution in [2.24, 2.45) is 0 Å². The number of hydrogen-bond acceptors (Lipinski definition) is 2. The summed E-state index contributed by atoms with van der Waals surface area (Å²) < 4.78 is 0. The van der Waals surface area contributed by atoms with E-state index in [2.05, 4.69) is 19.1 Å². The first-order chi connectivity index (χ1) is 13.7. The van der Waals surface area contributed by atoms with Gasteiger partial charge in [-0.15, -0.1) is 0 Å².